The van der Waals surface area contributed by atoms with Gasteiger partial charge in [-0.25, -0.2) is 4.39 Å². The van der Waals surface area contributed by atoms with E-state index >= 15 is 0 Å². The van der Waals surface area contributed by atoms with Crippen LogP contribution in [0.5, 0.6) is 0 Å². The monoisotopic (exact) mass is 292 g/mol. The van der Waals surface area contributed by atoms with Crippen molar-refractivity contribution >= 4 is 34.9 Å². The number of nitrogens with one attached hydrogen (secondary N) is 1. The largest absolute Gasteiger partial charge is 0.331 e. The molecule has 5 heteroatoms. The average Bonchev–Trinajstić information content (AvgIpc) is 2.69. The first-order chi connectivity index (χ1) is 9.13. The molecule has 0 amide bonds. The second kappa shape index (κ2) is 4.79. The SMILES string of the molecule is Fc1ccc(Cn2c(=S)[nH]c3ccc(Cl)cc32)cc1. The molecule has 0 aliphatic rings. The minimum atomic E-state index is -0.241. The fourth-order valence-electron chi connectivity index (χ4n) is 2.06. The zero-order valence-corrected chi connectivity index (χ0v) is 11.4. The van der Waals surface area contributed by atoms with Gasteiger partial charge in [0.05, 0.1) is 17.6 Å². The Bertz CT molecular complexity index is 789. The van der Waals surface area contributed by atoms with Gasteiger partial charge in [-0.3, -0.25) is 0 Å². The third kappa shape index (κ3) is 2.41. The van der Waals surface area contributed by atoms with Crippen LogP contribution in [0.25, 0.3) is 11.0 Å². The molecule has 1 heterocycles. The van der Waals surface area contributed by atoms with Crippen LogP contribution < -0.4 is 0 Å². The van der Waals surface area contributed by atoms with Gasteiger partial charge in [0, 0.05) is 5.02 Å². The third-order valence-corrected chi connectivity index (χ3v) is 3.55. The molecule has 0 aliphatic heterocycles. The normalized spacial score (nSPS) is 11.1. The molecule has 1 N–H and O–H groups in total. The Labute approximate surface area is 119 Å². The van der Waals surface area contributed by atoms with Crippen molar-refractivity contribution in [3.63, 3.8) is 0 Å². The smallest absolute Gasteiger partial charge is 0.178 e. The van der Waals surface area contributed by atoms with Crippen LogP contribution in [-0.4, -0.2) is 9.55 Å². The van der Waals surface area contributed by atoms with Gasteiger partial charge in [-0.1, -0.05) is 23.7 Å². The summed E-state index contributed by atoms with van der Waals surface area (Å²) >= 11 is 11.3. The molecule has 0 saturated heterocycles. The van der Waals surface area contributed by atoms with Crippen LogP contribution in [0.2, 0.25) is 5.02 Å². The van der Waals surface area contributed by atoms with Gasteiger partial charge < -0.3 is 9.55 Å². The zero-order valence-electron chi connectivity index (χ0n) is 9.86. The van der Waals surface area contributed by atoms with Crippen LogP contribution in [0.3, 0.4) is 0 Å². The predicted molar refractivity (Wildman–Crippen MR) is 77.6 cm³/mol. The van der Waals surface area contributed by atoms with E-state index in [1.54, 1.807) is 12.1 Å². The molecular formula is C14H10ClFN2S. The summed E-state index contributed by atoms with van der Waals surface area (Å²) < 4.78 is 15.5. The van der Waals surface area contributed by atoms with Crippen molar-refractivity contribution in [2.24, 2.45) is 0 Å². The van der Waals surface area contributed by atoms with Gasteiger partial charge in [0.1, 0.15) is 5.82 Å². The zero-order chi connectivity index (χ0) is 13.4. The Balaban J connectivity index is 2.09. The number of aromatic amines is 1. The molecule has 3 aromatic rings. The maximum Gasteiger partial charge on any atom is 0.178 e. The van der Waals surface area contributed by atoms with Crippen LogP contribution >= 0.6 is 23.8 Å². The van der Waals surface area contributed by atoms with E-state index in [1.807, 2.05) is 22.8 Å². The Kier molecular flexibility index (Phi) is 3.12. The standard InChI is InChI=1S/C14H10ClFN2S/c15-10-3-6-12-13(7-10)18(14(19)17-12)8-9-1-4-11(16)5-2-9/h1-7H,8H2,(H,17,19). The predicted octanol–water partition coefficient (Wildman–Crippen LogP) is 4.54. The van der Waals surface area contributed by atoms with Crippen molar-refractivity contribution in [2.45, 2.75) is 6.54 Å². The van der Waals surface area contributed by atoms with Gasteiger partial charge in [-0.15, -0.1) is 0 Å². The molecule has 0 spiro atoms. The average molecular weight is 293 g/mol. The molecule has 0 fully saturated rings. The lowest BCUT2D eigenvalue weighted by molar-refractivity contribution is 0.626. The lowest BCUT2D eigenvalue weighted by atomic mass is 10.2. The fraction of sp³-hybridized carbons (Fsp3) is 0.0714. The lowest BCUT2D eigenvalue weighted by Crippen LogP contribution is -1.99. The molecule has 1 aromatic heterocycles. The van der Waals surface area contributed by atoms with E-state index in [4.69, 9.17) is 23.8 Å². The topological polar surface area (TPSA) is 20.7 Å². The third-order valence-electron chi connectivity index (χ3n) is 2.99. The first kappa shape index (κ1) is 12.4. The summed E-state index contributed by atoms with van der Waals surface area (Å²) in [5, 5.41) is 0.661. The molecule has 2 aromatic carbocycles. The molecule has 3 rings (SSSR count). The molecule has 19 heavy (non-hydrogen) atoms. The fourth-order valence-corrected chi connectivity index (χ4v) is 2.49. The van der Waals surface area contributed by atoms with Gasteiger partial charge in [0.2, 0.25) is 0 Å². The van der Waals surface area contributed by atoms with Crippen LogP contribution in [-0.2, 0) is 6.54 Å². The van der Waals surface area contributed by atoms with E-state index in [-0.39, 0.29) is 5.82 Å². The quantitative estimate of drug-likeness (QED) is 0.688. The summed E-state index contributed by atoms with van der Waals surface area (Å²) in [6.45, 7) is 0.583. The number of fused-ring (bicyclic) bond motifs is 1. The van der Waals surface area contributed by atoms with Crippen molar-refractivity contribution in [3.05, 3.63) is 63.6 Å². The molecule has 0 atom stereocenters. The Morgan fingerprint density at radius 1 is 1.16 bits per heavy atom. The van der Waals surface area contributed by atoms with Crippen LogP contribution in [0.4, 0.5) is 4.39 Å². The van der Waals surface area contributed by atoms with E-state index in [0.717, 1.165) is 16.6 Å². The Morgan fingerprint density at radius 3 is 2.63 bits per heavy atom. The van der Waals surface area contributed by atoms with Gasteiger partial charge in [-0.2, -0.15) is 0 Å². The highest BCUT2D eigenvalue weighted by Crippen LogP contribution is 2.20. The van der Waals surface area contributed by atoms with E-state index in [2.05, 4.69) is 4.98 Å². The number of rotatable bonds is 2. The van der Waals surface area contributed by atoms with Gasteiger partial charge in [-0.05, 0) is 48.1 Å². The minimum absolute atomic E-state index is 0.241. The molecule has 0 bridgehead atoms. The number of aromatic nitrogens is 2. The minimum Gasteiger partial charge on any atom is -0.331 e. The molecule has 96 valence electrons. The van der Waals surface area contributed by atoms with Crippen molar-refractivity contribution in [1.82, 2.24) is 9.55 Å². The first-order valence-electron chi connectivity index (χ1n) is 5.76. The van der Waals surface area contributed by atoms with Gasteiger partial charge in [0.15, 0.2) is 4.77 Å². The molecule has 0 unspecified atom stereocenters. The summed E-state index contributed by atoms with van der Waals surface area (Å²) in [5.41, 5.74) is 2.87. The van der Waals surface area contributed by atoms with E-state index in [1.165, 1.54) is 12.1 Å². The Morgan fingerprint density at radius 2 is 1.89 bits per heavy atom. The lowest BCUT2D eigenvalue weighted by Gasteiger charge is -2.05. The molecule has 0 radical (unpaired) electrons. The highest BCUT2D eigenvalue weighted by atomic mass is 35.5. The summed E-state index contributed by atoms with van der Waals surface area (Å²) in [7, 11) is 0. The summed E-state index contributed by atoms with van der Waals surface area (Å²) in [4.78, 5) is 3.13. The summed E-state index contributed by atoms with van der Waals surface area (Å²) in [5.74, 6) is -0.241. The number of halogens is 2. The Hall–Kier alpha value is -1.65. The number of hydrogen-bond donors (Lipinski definition) is 1. The van der Waals surface area contributed by atoms with Crippen LogP contribution in [0.15, 0.2) is 42.5 Å². The van der Waals surface area contributed by atoms with Crippen LogP contribution in [0, 0.1) is 10.6 Å². The van der Waals surface area contributed by atoms with E-state index in [0.29, 0.717) is 16.3 Å². The molecule has 0 saturated carbocycles. The van der Waals surface area contributed by atoms with Crippen molar-refractivity contribution < 1.29 is 4.39 Å². The molecule has 0 aliphatic carbocycles. The van der Waals surface area contributed by atoms with Crippen LogP contribution in [0.1, 0.15) is 5.56 Å². The maximum atomic E-state index is 12.9. The van der Waals surface area contributed by atoms with Crippen molar-refractivity contribution in [2.75, 3.05) is 0 Å². The van der Waals surface area contributed by atoms with Gasteiger partial charge >= 0.3 is 0 Å². The number of nitrogens with zero attached hydrogens (tertiary/aromatic N) is 1. The number of hydrogen-bond acceptors (Lipinski definition) is 1. The van der Waals surface area contributed by atoms with E-state index < -0.39 is 0 Å². The first-order valence-corrected chi connectivity index (χ1v) is 6.54. The summed E-state index contributed by atoms with van der Waals surface area (Å²) in [6.07, 6.45) is 0. The molecular weight excluding hydrogens is 283 g/mol. The van der Waals surface area contributed by atoms with Crippen molar-refractivity contribution in [3.8, 4) is 0 Å². The number of benzene rings is 2. The second-order valence-electron chi connectivity index (χ2n) is 4.30. The maximum absolute atomic E-state index is 12.9. The van der Waals surface area contributed by atoms with E-state index in [9.17, 15) is 4.39 Å². The second-order valence-corrected chi connectivity index (χ2v) is 5.13. The van der Waals surface area contributed by atoms with Gasteiger partial charge in [0.25, 0.3) is 0 Å². The number of imidazole rings is 1. The summed E-state index contributed by atoms with van der Waals surface area (Å²) in [6, 6.07) is 12.0. The molecule has 2 nitrogen and oxygen atoms in total. The van der Waals surface area contributed by atoms with Crippen molar-refractivity contribution in [1.29, 1.82) is 0 Å². The highest BCUT2D eigenvalue weighted by Gasteiger charge is 2.05. The highest BCUT2D eigenvalue weighted by molar-refractivity contribution is 7.71. The number of H-pyrrole nitrogens is 1.